The first-order valence-corrected chi connectivity index (χ1v) is 5.87. The lowest BCUT2D eigenvalue weighted by Gasteiger charge is -2.20. The second-order valence-electron chi connectivity index (χ2n) is 4.61. The van der Waals surface area contributed by atoms with Gasteiger partial charge in [-0.05, 0) is 18.1 Å². The summed E-state index contributed by atoms with van der Waals surface area (Å²) in [6, 6.07) is 7.12. The molecule has 1 fully saturated rings. The smallest absolute Gasteiger partial charge is 0.322 e. The summed E-state index contributed by atoms with van der Waals surface area (Å²) in [5.74, 6) is -0.188. The third kappa shape index (κ3) is 2.22. The van der Waals surface area contributed by atoms with Crippen LogP contribution in [-0.2, 0) is 4.79 Å². The average molecular weight is 247 g/mol. The lowest BCUT2D eigenvalue weighted by Crippen LogP contribution is -2.37. The van der Waals surface area contributed by atoms with E-state index in [-0.39, 0.29) is 31.1 Å². The second-order valence-corrected chi connectivity index (χ2v) is 4.61. The highest BCUT2D eigenvalue weighted by Gasteiger charge is 2.34. The minimum atomic E-state index is -0.342. The number of urea groups is 1. The number of carbonyl (C=O) groups excluding carboxylic acids is 2. The van der Waals surface area contributed by atoms with Gasteiger partial charge in [0.2, 0.25) is 5.91 Å². The predicted molar refractivity (Wildman–Crippen MR) is 67.8 cm³/mol. The first kappa shape index (κ1) is 12.6. The quantitative estimate of drug-likeness (QED) is 0.807. The largest absolute Gasteiger partial charge is 0.327 e. The van der Waals surface area contributed by atoms with E-state index in [1.807, 2.05) is 31.2 Å². The molecular weight excluding hydrogens is 230 g/mol. The van der Waals surface area contributed by atoms with E-state index in [1.54, 1.807) is 7.05 Å². The number of nitrogens with zero attached hydrogens (tertiary/aromatic N) is 2. The van der Waals surface area contributed by atoms with Crippen LogP contribution in [0.15, 0.2) is 24.3 Å². The van der Waals surface area contributed by atoms with E-state index < -0.39 is 0 Å². The summed E-state index contributed by atoms with van der Waals surface area (Å²) in [7, 11) is 1.61. The molecule has 0 radical (unpaired) electrons. The Morgan fingerprint density at radius 1 is 1.33 bits per heavy atom. The van der Waals surface area contributed by atoms with Crippen molar-refractivity contribution in [3.63, 3.8) is 0 Å². The summed E-state index contributed by atoms with van der Waals surface area (Å²) in [5, 5.41) is 0. The van der Waals surface area contributed by atoms with Crippen molar-refractivity contribution in [2.75, 3.05) is 20.1 Å². The minimum Gasteiger partial charge on any atom is -0.322 e. The van der Waals surface area contributed by atoms with E-state index in [2.05, 4.69) is 0 Å². The van der Waals surface area contributed by atoms with Crippen LogP contribution in [0.2, 0.25) is 0 Å². The van der Waals surface area contributed by atoms with Crippen molar-refractivity contribution in [3.05, 3.63) is 35.4 Å². The number of rotatable bonds is 3. The fourth-order valence-corrected chi connectivity index (χ4v) is 2.15. The van der Waals surface area contributed by atoms with E-state index >= 15 is 0 Å². The number of likely N-dealkylation sites (N-methyl/N-ethyl adjacent to an activating group) is 1. The zero-order valence-corrected chi connectivity index (χ0v) is 10.6. The standard InChI is InChI=1S/C13H17N3O2/c1-9-5-3-4-6-10(9)11(14)7-16-12(17)8-15(2)13(16)18/h3-6,11H,7-8,14H2,1-2H3. The van der Waals surface area contributed by atoms with E-state index in [4.69, 9.17) is 5.73 Å². The highest BCUT2D eigenvalue weighted by atomic mass is 16.2. The molecule has 5 heteroatoms. The predicted octanol–water partition coefficient (Wildman–Crippen LogP) is 0.889. The van der Waals surface area contributed by atoms with Crippen LogP contribution in [-0.4, -0.2) is 41.9 Å². The molecule has 1 aromatic carbocycles. The van der Waals surface area contributed by atoms with Gasteiger partial charge in [0, 0.05) is 19.6 Å². The summed E-state index contributed by atoms with van der Waals surface area (Å²) in [6.45, 7) is 2.33. The monoisotopic (exact) mass is 247 g/mol. The van der Waals surface area contributed by atoms with Gasteiger partial charge in [-0.2, -0.15) is 0 Å². The Morgan fingerprint density at radius 2 is 2.00 bits per heavy atom. The van der Waals surface area contributed by atoms with Crippen LogP contribution in [0.25, 0.3) is 0 Å². The Balaban J connectivity index is 2.13. The SMILES string of the molecule is Cc1ccccc1C(N)CN1C(=O)CN(C)C1=O. The Labute approximate surface area is 106 Å². The fraction of sp³-hybridized carbons (Fsp3) is 0.385. The van der Waals surface area contributed by atoms with Crippen molar-refractivity contribution in [1.29, 1.82) is 0 Å². The molecule has 1 aliphatic heterocycles. The maximum Gasteiger partial charge on any atom is 0.327 e. The molecule has 1 saturated heterocycles. The van der Waals surface area contributed by atoms with Gasteiger partial charge in [-0.25, -0.2) is 4.79 Å². The molecule has 0 aromatic heterocycles. The van der Waals surface area contributed by atoms with E-state index in [0.29, 0.717) is 0 Å². The molecule has 1 atom stereocenters. The molecule has 5 nitrogen and oxygen atoms in total. The number of benzene rings is 1. The Kier molecular flexibility index (Phi) is 3.34. The topological polar surface area (TPSA) is 66.6 Å². The Morgan fingerprint density at radius 3 is 2.56 bits per heavy atom. The normalized spacial score (nSPS) is 17.5. The van der Waals surface area contributed by atoms with Crippen molar-refractivity contribution in [1.82, 2.24) is 9.80 Å². The van der Waals surface area contributed by atoms with Crippen LogP contribution in [0.5, 0.6) is 0 Å². The van der Waals surface area contributed by atoms with Gasteiger partial charge in [0.1, 0.15) is 6.54 Å². The van der Waals surface area contributed by atoms with Crippen LogP contribution >= 0.6 is 0 Å². The Hall–Kier alpha value is -1.88. The number of hydrogen-bond donors (Lipinski definition) is 1. The molecule has 1 heterocycles. The molecule has 0 aliphatic carbocycles. The van der Waals surface area contributed by atoms with Gasteiger partial charge in [0.25, 0.3) is 0 Å². The first-order chi connectivity index (χ1) is 8.50. The summed E-state index contributed by atoms with van der Waals surface area (Å²) in [6.07, 6.45) is 0. The summed E-state index contributed by atoms with van der Waals surface area (Å²) in [5.41, 5.74) is 8.11. The molecule has 3 amide bonds. The second kappa shape index (κ2) is 4.78. The van der Waals surface area contributed by atoms with Crippen molar-refractivity contribution >= 4 is 11.9 Å². The maximum atomic E-state index is 11.7. The Bertz CT molecular complexity index is 487. The average Bonchev–Trinajstić information content (AvgIpc) is 2.56. The number of nitrogens with two attached hydrogens (primary N) is 1. The van der Waals surface area contributed by atoms with Gasteiger partial charge >= 0.3 is 6.03 Å². The van der Waals surface area contributed by atoms with Crippen LogP contribution in [0, 0.1) is 6.92 Å². The van der Waals surface area contributed by atoms with Crippen molar-refractivity contribution in [3.8, 4) is 0 Å². The molecule has 1 aromatic rings. The molecule has 1 aliphatic rings. The molecule has 2 rings (SSSR count). The molecular formula is C13H17N3O2. The number of aryl methyl sites for hydroxylation is 1. The van der Waals surface area contributed by atoms with Crippen molar-refractivity contribution in [2.24, 2.45) is 5.73 Å². The lowest BCUT2D eigenvalue weighted by atomic mass is 10.0. The molecule has 1 unspecified atom stereocenters. The van der Waals surface area contributed by atoms with E-state index in [9.17, 15) is 9.59 Å². The summed E-state index contributed by atoms with van der Waals surface area (Å²) >= 11 is 0. The van der Waals surface area contributed by atoms with Crippen LogP contribution in [0.4, 0.5) is 4.79 Å². The number of carbonyl (C=O) groups is 2. The summed E-state index contributed by atoms with van der Waals surface area (Å²) in [4.78, 5) is 26.0. The van der Waals surface area contributed by atoms with Gasteiger partial charge < -0.3 is 10.6 Å². The van der Waals surface area contributed by atoms with Crippen LogP contribution in [0.3, 0.4) is 0 Å². The van der Waals surface area contributed by atoms with Crippen LogP contribution < -0.4 is 5.73 Å². The molecule has 0 saturated carbocycles. The van der Waals surface area contributed by atoms with Crippen molar-refractivity contribution in [2.45, 2.75) is 13.0 Å². The van der Waals surface area contributed by atoms with Gasteiger partial charge in [-0.1, -0.05) is 24.3 Å². The highest BCUT2D eigenvalue weighted by Crippen LogP contribution is 2.18. The lowest BCUT2D eigenvalue weighted by molar-refractivity contribution is -0.125. The first-order valence-electron chi connectivity index (χ1n) is 5.87. The van der Waals surface area contributed by atoms with Gasteiger partial charge in [0.05, 0.1) is 0 Å². The fourth-order valence-electron chi connectivity index (χ4n) is 2.15. The molecule has 18 heavy (non-hydrogen) atoms. The van der Waals surface area contributed by atoms with Gasteiger partial charge in [0.15, 0.2) is 0 Å². The van der Waals surface area contributed by atoms with E-state index in [1.165, 1.54) is 9.80 Å². The number of hydrogen-bond acceptors (Lipinski definition) is 3. The molecule has 2 N–H and O–H groups in total. The van der Waals surface area contributed by atoms with E-state index in [0.717, 1.165) is 11.1 Å². The molecule has 0 spiro atoms. The van der Waals surface area contributed by atoms with Gasteiger partial charge in [-0.15, -0.1) is 0 Å². The zero-order chi connectivity index (χ0) is 13.3. The molecule has 0 bridgehead atoms. The minimum absolute atomic E-state index is 0.138. The van der Waals surface area contributed by atoms with Crippen molar-refractivity contribution < 1.29 is 9.59 Å². The molecule has 96 valence electrons. The van der Waals surface area contributed by atoms with Gasteiger partial charge in [-0.3, -0.25) is 9.69 Å². The maximum absolute atomic E-state index is 11.7. The zero-order valence-electron chi connectivity index (χ0n) is 10.6. The third-order valence-corrected chi connectivity index (χ3v) is 3.20. The number of imide groups is 1. The highest BCUT2D eigenvalue weighted by molar-refractivity contribution is 6.01. The summed E-state index contributed by atoms with van der Waals surface area (Å²) < 4.78 is 0. The third-order valence-electron chi connectivity index (χ3n) is 3.20. The number of amides is 3. The van der Waals surface area contributed by atoms with Crippen LogP contribution in [0.1, 0.15) is 17.2 Å².